The number of thiophene rings is 1. The number of carbonyl (C=O) groups is 1. The average molecular weight is 639 g/mol. The van der Waals surface area contributed by atoms with Crippen molar-refractivity contribution in [2.24, 2.45) is 0 Å². The molecular weight excluding hydrogens is 597 g/mol. The molecule has 1 atom stereocenters. The van der Waals surface area contributed by atoms with Crippen LogP contribution in [-0.2, 0) is 16.2 Å². The number of anilines is 3. The van der Waals surface area contributed by atoms with Crippen LogP contribution in [0.15, 0.2) is 96.7 Å². The molecule has 1 unspecified atom stereocenters. The molecule has 5 heteroatoms. The molecule has 0 aliphatic heterocycles. The van der Waals surface area contributed by atoms with Crippen molar-refractivity contribution in [3.05, 3.63) is 135 Å². The number of hydrogen-bond donors (Lipinski definition) is 1. The van der Waals surface area contributed by atoms with Gasteiger partial charge in [-0.25, -0.2) is 4.98 Å². The number of hydrogen-bond acceptors (Lipinski definition) is 5. The normalized spacial score (nSPS) is 17.5. The van der Waals surface area contributed by atoms with Crippen LogP contribution in [-0.4, -0.2) is 15.9 Å². The second kappa shape index (κ2) is 10.9. The predicted molar refractivity (Wildman–Crippen MR) is 195 cm³/mol. The zero-order valence-electron chi connectivity index (χ0n) is 28.5. The van der Waals surface area contributed by atoms with Gasteiger partial charge in [0.05, 0.1) is 0 Å². The van der Waals surface area contributed by atoms with Crippen LogP contribution in [0.4, 0.5) is 17.2 Å². The van der Waals surface area contributed by atoms with E-state index in [0.29, 0.717) is 16.7 Å². The monoisotopic (exact) mass is 638 g/mol. The lowest BCUT2D eigenvalue weighted by molar-refractivity contribution is 0.102. The van der Waals surface area contributed by atoms with E-state index in [2.05, 4.69) is 121 Å². The van der Waals surface area contributed by atoms with E-state index in [4.69, 9.17) is 4.98 Å². The third-order valence-corrected chi connectivity index (χ3v) is 10.9. The average Bonchev–Trinajstić information content (AvgIpc) is 3.63. The van der Waals surface area contributed by atoms with Gasteiger partial charge < -0.3 is 5.11 Å². The van der Waals surface area contributed by atoms with Crippen molar-refractivity contribution in [3.8, 4) is 10.4 Å². The smallest absolute Gasteiger partial charge is 0.192 e. The van der Waals surface area contributed by atoms with Crippen LogP contribution in [0.5, 0.6) is 0 Å². The third kappa shape index (κ3) is 5.26. The van der Waals surface area contributed by atoms with E-state index in [9.17, 15) is 9.90 Å². The van der Waals surface area contributed by atoms with Crippen LogP contribution in [0.25, 0.3) is 16.5 Å². The summed E-state index contributed by atoms with van der Waals surface area (Å²) in [6, 6.07) is 29.5. The summed E-state index contributed by atoms with van der Waals surface area (Å²) in [6.07, 6.45) is 2.98. The number of carbonyl (C=O) groups excluding carboxylic acids is 1. The molecule has 5 aromatic rings. The minimum atomic E-state index is -0.902. The van der Waals surface area contributed by atoms with Crippen LogP contribution in [0.1, 0.15) is 105 Å². The number of Topliss-reactive ketones (excluding diaryl/α,β-unsaturated/α-hetero) is 1. The van der Waals surface area contributed by atoms with Gasteiger partial charge in [-0.15, -0.1) is 11.3 Å². The summed E-state index contributed by atoms with van der Waals surface area (Å²) in [6.45, 7) is 18.0. The minimum Gasteiger partial charge on any atom is -0.383 e. The van der Waals surface area contributed by atoms with Crippen molar-refractivity contribution < 1.29 is 9.90 Å². The molecule has 4 nitrogen and oxygen atoms in total. The highest BCUT2D eigenvalue weighted by molar-refractivity contribution is 7.16. The highest BCUT2D eigenvalue weighted by Crippen LogP contribution is 2.54. The van der Waals surface area contributed by atoms with E-state index in [1.807, 2.05) is 30.5 Å². The molecule has 1 N–H and O–H groups in total. The lowest BCUT2D eigenvalue weighted by Gasteiger charge is -2.28. The van der Waals surface area contributed by atoms with E-state index in [-0.39, 0.29) is 22.0 Å². The highest BCUT2D eigenvalue weighted by Gasteiger charge is 2.39. The Morgan fingerprint density at radius 3 is 1.91 bits per heavy atom. The number of fused-ring (bicyclic) bond motifs is 4. The first-order chi connectivity index (χ1) is 22.1. The fourth-order valence-electron chi connectivity index (χ4n) is 6.88. The largest absolute Gasteiger partial charge is 0.383 e. The van der Waals surface area contributed by atoms with Crippen molar-refractivity contribution in [2.45, 2.75) is 77.7 Å². The molecule has 0 fully saturated rings. The first-order valence-corrected chi connectivity index (χ1v) is 17.2. The molecule has 0 spiro atoms. The van der Waals surface area contributed by atoms with E-state index >= 15 is 0 Å². The SMILES string of the molecule is CC(C)(C)c1ccc(N(c2ccc(C(C)(C)C)cc2)c2cc3c(cn2)-c2sc(/C=C4/C(=O)c5ccccc5C4O)cc2C3(C)C)cc1. The van der Waals surface area contributed by atoms with E-state index in [0.717, 1.165) is 27.6 Å². The standard InChI is InChI=1S/C42H42N2O2S/c1-40(2,3)25-13-17-27(18-14-25)44(28-19-15-26(16-20-28)41(4,5)6)36-23-34-33(24-43-36)39-35(42(34,7)8)22-29(47-39)21-32-37(45)30-11-9-10-12-31(30)38(32)46/h9-24,37,45H,1-8H3/b32-21+. The van der Waals surface area contributed by atoms with Gasteiger partial charge in [-0.05, 0) is 81.1 Å². The fourth-order valence-corrected chi connectivity index (χ4v) is 8.17. The lowest BCUT2D eigenvalue weighted by atomic mass is 9.83. The summed E-state index contributed by atoms with van der Waals surface area (Å²) in [5.41, 5.74) is 9.84. The zero-order valence-corrected chi connectivity index (χ0v) is 29.3. The topological polar surface area (TPSA) is 53.4 Å². The number of aliphatic hydroxyl groups is 1. The van der Waals surface area contributed by atoms with Crippen LogP contribution < -0.4 is 4.90 Å². The number of pyridine rings is 1. The van der Waals surface area contributed by atoms with E-state index < -0.39 is 6.10 Å². The van der Waals surface area contributed by atoms with Crippen molar-refractivity contribution in [1.82, 2.24) is 4.98 Å². The molecular formula is C42H42N2O2S. The Bertz CT molecular complexity index is 1990. The number of benzene rings is 3. The molecule has 2 heterocycles. The second-order valence-electron chi connectivity index (χ2n) is 15.5. The summed E-state index contributed by atoms with van der Waals surface area (Å²) in [4.78, 5) is 22.6. The first kappa shape index (κ1) is 31.3. The van der Waals surface area contributed by atoms with Gasteiger partial charge in [0.25, 0.3) is 0 Å². The van der Waals surface area contributed by atoms with E-state index in [1.165, 1.54) is 27.1 Å². The van der Waals surface area contributed by atoms with Crippen LogP contribution >= 0.6 is 11.3 Å². The van der Waals surface area contributed by atoms with Crippen molar-refractivity contribution >= 4 is 40.4 Å². The second-order valence-corrected chi connectivity index (χ2v) is 16.5. The van der Waals surface area contributed by atoms with Gasteiger partial charge in [0.1, 0.15) is 11.9 Å². The van der Waals surface area contributed by atoms with Gasteiger partial charge >= 0.3 is 0 Å². The Labute approximate surface area is 282 Å². The fraction of sp³-hybridized carbons (Fsp3) is 0.286. The number of nitrogens with zero attached hydrogens (tertiary/aromatic N) is 2. The third-order valence-electron chi connectivity index (χ3n) is 9.80. The van der Waals surface area contributed by atoms with Gasteiger partial charge in [0.15, 0.2) is 5.78 Å². The maximum absolute atomic E-state index is 13.1. The first-order valence-electron chi connectivity index (χ1n) is 16.3. The molecule has 0 saturated heterocycles. The molecule has 238 valence electrons. The van der Waals surface area contributed by atoms with E-state index in [1.54, 1.807) is 17.4 Å². The molecule has 2 aliphatic carbocycles. The Kier molecular flexibility index (Phi) is 7.23. The lowest BCUT2D eigenvalue weighted by Crippen LogP contribution is -2.18. The molecule has 0 amide bonds. The Hall–Kier alpha value is -4.32. The number of aromatic nitrogens is 1. The maximum atomic E-state index is 13.1. The van der Waals surface area contributed by atoms with Crippen LogP contribution in [0.3, 0.4) is 0 Å². The summed E-state index contributed by atoms with van der Waals surface area (Å²) in [5, 5.41) is 11.0. The summed E-state index contributed by atoms with van der Waals surface area (Å²) in [5.74, 6) is 0.776. The van der Waals surface area contributed by atoms with Crippen LogP contribution in [0.2, 0.25) is 0 Å². The van der Waals surface area contributed by atoms with Gasteiger partial charge in [-0.1, -0.05) is 104 Å². The van der Waals surface area contributed by atoms with Crippen molar-refractivity contribution in [2.75, 3.05) is 4.90 Å². The number of ketones is 1. The number of aliphatic hydroxyl groups excluding tert-OH is 1. The Balaban J connectivity index is 1.29. The summed E-state index contributed by atoms with van der Waals surface area (Å²) < 4.78 is 0. The van der Waals surface area contributed by atoms with Gasteiger partial charge in [0, 0.05) is 49.4 Å². The van der Waals surface area contributed by atoms with Gasteiger partial charge in [-0.3, -0.25) is 9.69 Å². The molecule has 7 rings (SSSR count). The van der Waals surface area contributed by atoms with Gasteiger partial charge in [-0.2, -0.15) is 0 Å². The quantitative estimate of drug-likeness (QED) is 0.199. The zero-order chi connectivity index (χ0) is 33.5. The molecule has 47 heavy (non-hydrogen) atoms. The maximum Gasteiger partial charge on any atom is 0.192 e. The van der Waals surface area contributed by atoms with Crippen molar-refractivity contribution in [3.63, 3.8) is 0 Å². The summed E-state index contributed by atoms with van der Waals surface area (Å²) >= 11 is 1.66. The molecule has 2 aliphatic rings. The molecule has 0 saturated carbocycles. The van der Waals surface area contributed by atoms with Gasteiger partial charge in [0.2, 0.25) is 0 Å². The molecule has 3 aromatic carbocycles. The van der Waals surface area contributed by atoms with Crippen LogP contribution in [0, 0.1) is 0 Å². The Morgan fingerprint density at radius 2 is 1.36 bits per heavy atom. The van der Waals surface area contributed by atoms with Crippen molar-refractivity contribution in [1.29, 1.82) is 0 Å². The minimum absolute atomic E-state index is 0.0624. The molecule has 0 bridgehead atoms. The molecule has 2 aromatic heterocycles. The summed E-state index contributed by atoms with van der Waals surface area (Å²) in [7, 11) is 0. The predicted octanol–water partition coefficient (Wildman–Crippen LogP) is 10.8. The molecule has 0 radical (unpaired) electrons. The highest BCUT2D eigenvalue weighted by atomic mass is 32.1. The Morgan fingerprint density at radius 1 is 0.787 bits per heavy atom. The number of rotatable bonds is 4.